The van der Waals surface area contributed by atoms with Crippen LogP contribution in [0.3, 0.4) is 0 Å². The van der Waals surface area contributed by atoms with Crippen LogP contribution in [0, 0.1) is 0 Å². The summed E-state index contributed by atoms with van der Waals surface area (Å²) >= 11 is 0. The van der Waals surface area contributed by atoms with Crippen molar-refractivity contribution in [3.05, 3.63) is 27.9 Å². The van der Waals surface area contributed by atoms with Gasteiger partial charge in [-0.2, -0.15) is 5.10 Å². The Morgan fingerprint density at radius 2 is 2.67 bits per heavy atom. The van der Waals surface area contributed by atoms with E-state index in [4.69, 9.17) is 5.53 Å². The van der Waals surface area contributed by atoms with Crippen molar-refractivity contribution in [1.82, 2.24) is 10.2 Å². The van der Waals surface area contributed by atoms with Gasteiger partial charge in [-0.05, 0) is 24.8 Å². The highest BCUT2D eigenvalue weighted by Gasteiger charge is 2.20. The number of aromatic amines is 1. The molecule has 0 bridgehead atoms. The van der Waals surface area contributed by atoms with Crippen LogP contribution in [0.5, 0.6) is 0 Å². The minimum absolute atomic E-state index is 0.00231. The molecule has 0 aromatic carbocycles. The molecule has 62 valence electrons. The van der Waals surface area contributed by atoms with Crippen molar-refractivity contribution in [2.45, 2.75) is 25.3 Å². The molecule has 1 aromatic heterocycles. The van der Waals surface area contributed by atoms with E-state index in [2.05, 4.69) is 20.2 Å². The van der Waals surface area contributed by atoms with Gasteiger partial charge in [-0.25, -0.2) is 0 Å². The number of fused-ring (bicyclic) bond motifs is 1. The van der Waals surface area contributed by atoms with E-state index in [0.29, 0.717) is 0 Å². The number of nitrogens with zero attached hydrogens (tertiary/aromatic N) is 4. The summed E-state index contributed by atoms with van der Waals surface area (Å²) in [7, 11) is 0. The van der Waals surface area contributed by atoms with Crippen molar-refractivity contribution < 1.29 is 0 Å². The average Bonchev–Trinajstić information content (AvgIpc) is 2.53. The summed E-state index contributed by atoms with van der Waals surface area (Å²) in [5.74, 6) is 0. The second-order valence-corrected chi connectivity index (χ2v) is 2.92. The maximum Gasteiger partial charge on any atom is 0.0659 e. The largest absolute Gasteiger partial charge is 0.282 e. The molecule has 1 heterocycles. The zero-order chi connectivity index (χ0) is 8.39. The van der Waals surface area contributed by atoms with Gasteiger partial charge in [-0.3, -0.25) is 5.10 Å². The van der Waals surface area contributed by atoms with E-state index in [0.717, 1.165) is 30.5 Å². The van der Waals surface area contributed by atoms with E-state index in [1.165, 1.54) is 0 Å². The summed E-state index contributed by atoms with van der Waals surface area (Å²) in [4.78, 5) is 2.82. The van der Waals surface area contributed by atoms with Crippen molar-refractivity contribution >= 4 is 0 Å². The Hall–Kier alpha value is -1.48. The Bertz CT molecular complexity index is 322. The van der Waals surface area contributed by atoms with Gasteiger partial charge in [0.25, 0.3) is 0 Å². The lowest BCUT2D eigenvalue weighted by molar-refractivity contribution is 0.564. The maximum atomic E-state index is 8.31. The fourth-order valence-corrected chi connectivity index (χ4v) is 1.62. The van der Waals surface area contributed by atoms with Gasteiger partial charge in [0.2, 0.25) is 0 Å². The molecule has 2 rings (SSSR count). The zero-order valence-electron chi connectivity index (χ0n) is 6.56. The average molecular weight is 163 g/mol. The molecule has 0 radical (unpaired) electrons. The van der Waals surface area contributed by atoms with Crippen molar-refractivity contribution in [2.24, 2.45) is 5.11 Å². The summed E-state index contributed by atoms with van der Waals surface area (Å²) in [6.07, 6.45) is 4.79. The standard InChI is InChI=1S/C7H9N5/c8-12-11-7-3-1-2-6-5(7)4-9-10-6/h4,7H,1-3H2,(H,9,10). The lowest BCUT2D eigenvalue weighted by atomic mass is 9.94. The van der Waals surface area contributed by atoms with Crippen molar-refractivity contribution in [3.8, 4) is 0 Å². The smallest absolute Gasteiger partial charge is 0.0659 e. The zero-order valence-corrected chi connectivity index (χ0v) is 6.56. The Morgan fingerprint density at radius 1 is 1.75 bits per heavy atom. The molecule has 0 saturated heterocycles. The molecular formula is C7H9N5. The SMILES string of the molecule is [N-]=[N+]=NC1CCCc2[nH]ncc21. The Kier molecular flexibility index (Phi) is 1.72. The van der Waals surface area contributed by atoms with E-state index in [1.807, 2.05) is 0 Å². The van der Waals surface area contributed by atoms with Crippen LogP contribution in [-0.4, -0.2) is 10.2 Å². The van der Waals surface area contributed by atoms with Crippen LogP contribution in [0.2, 0.25) is 0 Å². The van der Waals surface area contributed by atoms with Crippen LogP contribution < -0.4 is 0 Å². The summed E-state index contributed by atoms with van der Waals surface area (Å²) in [5, 5.41) is 10.6. The number of aryl methyl sites for hydroxylation is 1. The summed E-state index contributed by atoms with van der Waals surface area (Å²) in [6, 6.07) is -0.00231. The summed E-state index contributed by atoms with van der Waals surface area (Å²) < 4.78 is 0. The quantitative estimate of drug-likeness (QED) is 0.384. The lowest BCUT2D eigenvalue weighted by Crippen LogP contribution is -2.05. The van der Waals surface area contributed by atoms with E-state index >= 15 is 0 Å². The van der Waals surface area contributed by atoms with Crippen LogP contribution in [0.25, 0.3) is 10.4 Å². The Labute approximate surface area is 69.4 Å². The minimum Gasteiger partial charge on any atom is -0.282 e. The highest BCUT2D eigenvalue weighted by molar-refractivity contribution is 5.23. The molecule has 12 heavy (non-hydrogen) atoms. The summed E-state index contributed by atoms with van der Waals surface area (Å²) in [6.45, 7) is 0. The first-order valence-electron chi connectivity index (χ1n) is 3.98. The normalized spacial score (nSPS) is 21.2. The van der Waals surface area contributed by atoms with E-state index < -0.39 is 0 Å². The topological polar surface area (TPSA) is 77.4 Å². The number of rotatable bonds is 1. The van der Waals surface area contributed by atoms with E-state index in [1.54, 1.807) is 6.20 Å². The van der Waals surface area contributed by atoms with E-state index in [-0.39, 0.29) is 6.04 Å². The molecule has 1 aliphatic carbocycles. The number of azide groups is 1. The van der Waals surface area contributed by atoms with Crippen molar-refractivity contribution in [1.29, 1.82) is 0 Å². The van der Waals surface area contributed by atoms with Crippen molar-refractivity contribution in [3.63, 3.8) is 0 Å². The fraction of sp³-hybridized carbons (Fsp3) is 0.571. The third-order valence-corrected chi connectivity index (χ3v) is 2.21. The third kappa shape index (κ3) is 1.04. The van der Waals surface area contributed by atoms with Gasteiger partial charge in [0.15, 0.2) is 0 Å². The fourth-order valence-electron chi connectivity index (χ4n) is 1.62. The Balaban J connectivity index is 2.37. The van der Waals surface area contributed by atoms with Gasteiger partial charge < -0.3 is 0 Å². The molecule has 0 fully saturated rings. The molecule has 1 aliphatic rings. The molecule has 0 amide bonds. The predicted octanol–water partition coefficient (Wildman–Crippen LogP) is 2.10. The second-order valence-electron chi connectivity index (χ2n) is 2.92. The first-order valence-corrected chi connectivity index (χ1v) is 3.98. The number of hydrogen-bond donors (Lipinski definition) is 1. The highest BCUT2D eigenvalue weighted by atomic mass is 15.2. The van der Waals surface area contributed by atoms with Crippen LogP contribution in [-0.2, 0) is 6.42 Å². The van der Waals surface area contributed by atoms with Crippen molar-refractivity contribution in [2.75, 3.05) is 0 Å². The Morgan fingerprint density at radius 3 is 3.50 bits per heavy atom. The molecule has 0 aliphatic heterocycles. The second kappa shape index (κ2) is 2.87. The van der Waals surface area contributed by atoms with Crippen LogP contribution in [0.4, 0.5) is 0 Å². The first-order chi connectivity index (χ1) is 5.92. The van der Waals surface area contributed by atoms with Gasteiger partial charge >= 0.3 is 0 Å². The number of hydrogen-bond acceptors (Lipinski definition) is 2. The molecule has 5 nitrogen and oxygen atoms in total. The molecule has 1 aromatic rings. The lowest BCUT2D eigenvalue weighted by Gasteiger charge is -2.16. The molecular weight excluding hydrogens is 154 g/mol. The van der Waals surface area contributed by atoms with Gasteiger partial charge in [0.05, 0.1) is 12.2 Å². The molecule has 1 atom stereocenters. The molecule has 0 saturated carbocycles. The molecule has 5 heteroatoms. The maximum absolute atomic E-state index is 8.31. The predicted molar refractivity (Wildman–Crippen MR) is 43.4 cm³/mol. The molecule has 1 unspecified atom stereocenters. The number of aromatic nitrogens is 2. The van der Waals surface area contributed by atoms with Gasteiger partial charge in [0.1, 0.15) is 0 Å². The third-order valence-electron chi connectivity index (χ3n) is 2.21. The van der Waals surface area contributed by atoms with Crippen LogP contribution >= 0.6 is 0 Å². The molecule has 1 N–H and O–H groups in total. The van der Waals surface area contributed by atoms with Crippen LogP contribution in [0.1, 0.15) is 30.1 Å². The minimum atomic E-state index is -0.00231. The van der Waals surface area contributed by atoms with Gasteiger partial charge in [0, 0.05) is 16.2 Å². The molecule has 0 spiro atoms. The first kappa shape index (κ1) is 7.18. The number of H-pyrrole nitrogens is 1. The van der Waals surface area contributed by atoms with Gasteiger partial charge in [-0.15, -0.1) is 0 Å². The summed E-state index contributed by atoms with van der Waals surface area (Å²) in [5.41, 5.74) is 10.5. The highest BCUT2D eigenvalue weighted by Crippen LogP contribution is 2.30. The number of nitrogens with one attached hydrogen (secondary N) is 1. The van der Waals surface area contributed by atoms with Crippen LogP contribution in [0.15, 0.2) is 11.3 Å². The monoisotopic (exact) mass is 163 g/mol. The van der Waals surface area contributed by atoms with E-state index in [9.17, 15) is 0 Å². The van der Waals surface area contributed by atoms with Gasteiger partial charge in [-0.1, -0.05) is 5.11 Å².